The van der Waals surface area contributed by atoms with Gasteiger partial charge in [0.1, 0.15) is 78.5 Å². The molecule has 4 rings (SSSR count). The van der Waals surface area contributed by atoms with Crippen molar-refractivity contribution in [1.82, 2.24) is 105 Å². The Morgan fingerprint density at radius 2 is 0.937 bits per heavy atom. The Bertz CT molecular complexity index is 4310. The van der Waals surface area contributed by atoms with E-state index in [2.05, 4.69) is 94.7 Å². The van der Waals surface area contributed by atoms with Crippen LogP contribution in [0.25, 0.3) is 10.9 Å². The number of hydrogen-bond donors (Lipinski definition) is 26. The Labute approximate surface area is 730 Å². The highest BCUT2D eigenvalue weighted by Gasteiger charge is 2.39. The van der Waals surface area contributed by atoms with Crippen molar-refractivity contribution < 1.29 is 127 Å². The van der Waals surface area contributed by atoms with E-state index in [4.69, 9.17) is 16.6 Å². The van der Waals surface area contributed by atoms with Gasteiger partial charge in [-0.1, -0.05) is 59.7 Å². The van der Waals surface area contributed by atoms with Crippen LogP contribution in [0.2, 0.25) is 0 Å². The van der Waals surface area contributed by atoms with Gasteiger partial charge in [0.15, 0.2) is 0 Å². The number of carbonyl (C=O) groups excluding carboxylic acids is 17. The summed E-state index contributed by atoms with van der Waals surface area (Å²) in [5, 5.41) is 97.1. The van der Waals surface area contributed by atoms with E-state index in [1.54, 1.807) is 72.0 Å². The Kier molecular flexibility index (Phi) is 44.9. The number of nitrogens with zero attached hydrogens (tertiary/aromatic N) is 2. The number of nitrogens with two attached hydrogens (primary N) is 2. The summed E-state index contributed by atoms with van der Waals surface area (Å²) in [4.78, 5) is 278. The molecule has 1 fully saturated rings. The van der Waals surface area contributed by atoms with Crippen LogP contribution in [-0.2, 0) is 109 Å². The third-order valence-electron chi connectivity index (χ3n) is 20.0. The van der Waals surface area contributed by atoms with E-state index in [-0.39, 0.29) is 69.4 Å². The molecule has 0 spiro atoms. The number of aromatic amines is 2. The molecule has 0 saturated carbocycles. The number of likely N-dealkylation sites (tertiary alicyclic amines) is 1. The van der Waals surface area contributed by atoms with Crippen LogP contribution >= 0.6 is 0 Å². The fourth-order valence-electron chi connectivity index (χ4n) is 12.9. The lowest BCUT2D eigenvalue weighted by atomic mass is 9.99. The minimum atomic E-state index is -1.90. The number of aliphatic hydroxyl groups excluding tert-OH is 3. The first-order chi connectivity index (χ1) is 59.9. The number of para-hydroxylation sites is 1. The van der Waals surface area contributed by atoms with E-state index in [0.29, 0.717) is 41.4 Å². The van der Waals surface area contributed by atoms with Crippen molar-refractivity contribution in [2.24, 2.45) is 29.2 Å². The average Bonchev–Trinajstić information content (AvgIpc) is 1.70. The summed E-state index contributed by atoms with van der Waals surface area (Å²) in [5.41, 5.74) is 13.3. The molecule has 15 atom stereocenters. The molecule has 1 aliphatic rings. The highest BCUT2D eigenvalue weighted by molar-refractivity contribution is 6.01. The van der Waals surface area contributed by atoms with Crippen LogP contribution in [0.5, 0.6) is 0 Å². The molecule has 28 N–H and O–H groups in total. The fourth-order valence-corrected chi connectivity index (χ4v) is 12.9. The number of rotatable bonds is 56. The first-order valence-corrected chi connectivity index (χ1v) is 41.4. The van der Waals surface area contributed by atoms with Gasteiger partial charge in [-0.05, 0) is 114 Å². The van der Waals surface area contributed by atoms with Crippen LogP contribution in [0.1, 0.15) is 144 Å². The molecular weight excluding hydrogens is 1670 g/mol. The molecule has 3 heterocycles. The quantitative estimate of drug-likeness (QED) is 0.0233. The SMILES string of the molecule is CC(C)C[C@H](NC(=O)CNC(=O)[C@H](C)NC(=O)[C@H](CO)NC(=O)[C@H](CCCCN)NC(=O)[C@H](Cc1cnc[nH]1)NC(=O)[C@@H](N)C(C)C)C(=O)N[C@@H](CC(C)C)C(=O)N[C@@H](Cc1c[nH]c2ccccc12)C(=O)N[C@@H](CCC(=O)O)C(=O)N[C@@H](C)C(=O)N[C@H](C(=O)NCC(=O)N[C@@H](CCC(=O)O)C(=O)NCC(=O)N1CCC[C@H]1C(=O)NCC(=O)N[C@@H](CO)C(=O)O)[C@@H](C)O. The second kappa shape index (κ2) is 53.5. The lowest BCUT2D eigenvalue weighted by molar-refractivity contribution is -0.143. The second-order valence-corrected chi connectivity index (χ2v) is 31.8. The number of fused-ring (bicyclic) bond motifs is 1. The Hall–Kier alpha value is -12.8. The van der Waals surface area contributed by atoms with Gasteiger partial charge in [0.25, 0.3) is 0 Å². The minimum Gasteiger partial charge on any atom is -0.481 e. The molecular formula is C79H122N22O26. The zero-order valence-corrected chi connectivity index (χ0v) is 72.2. The molecule has 127 heavy (non-hydrogen) atoms. The third-order valence-corrected chi connectivity index (χ3v) is 20.0. The summed E-state index contributed by atoms with van der Waals surface area (Å²) >= 11 is 0. The highest BCUT2D eigenvalue weighted by atomic mass is 16.4. The van der Waals surface area contributed by atoms with Gasteiger partial charge in [0, 0.05) is 61.2 Å². The molecule has 2 aromatic heterocycles. The summed E-state index contributed by atoms with van der Waals surface area (Å²) in [6.45, 7) is 8.72. The highest BCUT2D eigenvalue weighted by Crippen LogP contribution is 2.22. The lowest BCUT2D eigenvalue weighted by Gasteiger charge is -2.28. The Morgan fingerprint density at radius 1 is 0.480 bits per heavy atom. The van der Waals surface area contributed by atoms with Crippen molar-refractivity contribution in [1.29, 1.82) is 0 Å². The number of aliphatic hydroxyl groups is 3. The van der Waals surface area contributed by atoms with Crippen molar-refractivity contribution in [3.63, 3.8) is 0 Å². The number of imidazole rings is 1. The number of carboxylic acids is 3. The van der Waals surface area contributed by atoms with Crippen molar-refractivity contribution >= 4 is 129 Å². The predicted molar refractivity (Wildman–Crippen MR) is 447 cm³/mol. The minimum absolute atomic E-state index is 0.00264. The number of benzene rings is 1. The number of aliphatic carboxylic acids is 3. The average molecular weight is 1800 g/mol. The summed E-state index contributed by atoms with van der Waals surface area (Å²) in [7, 11) is 0. The summed E-state index contributed by atoms with van der Waals surface area (Å²) in [6.07, 6.45) is 0.555. The van der Waals surface area contributed by atoms with Gasteiger partial charge in [0.2, 0.25) is 100 Å². The number of H-pyrrole nitrogens is 2. The summed E-state index contributed by atoms with van der Waals surface area (Å²) in [5.74, 6) is -21.9. The molecule has 3 aromatic rings. The van der Waals surface area contributed by atoms with Crippen molar-refractivity contribution in [2.75, 3.05) is 52.5 Å². The standard InChI is InChI=1S/C79H122N22O26/c1-38(2)25-51(92-59(106)31-84-66(113)41(7)89-75(122)55(35-102)99-70(117)48(17-12-13-23-80)94-74(121)54(28-45-30-82-37-88-45)98-77(124)64(81)40(5)6)71(118)96-52(26-39(3)4)72(119)97-53(27-44-29-83-47-16-11-10-15-46(44)47)73(120)95-50(20-22-63(111)112)69(116)90-42(8)67(114)100-65(43(9)104)78(125)86-33-58(105)91-49(19-21-62(109)110)68(115)87-34-61(108)101-24-14-18-57(101)76(123)85-32-60(107)93-56(36-103)79(126)127/h10-11,15-16,29-30,37-43,48-57,64-65,83,102-104H,12-14,17-28,31-36,80-81H2,1-9H3,(H,82,88)(H,84,113)(H,85,123)(H,86,125)(H,87,115)(H,89,122)(H,90,116)(H,91,105)(H,92,106)(H,93,107)(H,94,121)(H,95,120)(H,96,118)(H,97,119)(H,98,124)(H,99,117)(H,100,114)(H,109,110)(H,111,112)(H,126,127)/t41-,42-,43+,48-,49-,50-,51-,52-,53-,54-,55-,56-,57-,64-,65-/m0/s1. The first-order valence-electron chi connectivity index (χ1n) is 41.4. The molecule has 704 valence electrons. The molecule has 48 nitrogen and oxygen atoms in total. The molecule has 1 aliphatic heterocycles. The van der Waals surface area contributed by atoms with E-state index in [9.17, 15) is 121 Å². The second-order valence-electron chi connectivity index (χ2n) is 31.8. The number of hydrogen-bond acceptors (Lipinski definition) is 26. The first kappa shape index (κ1) is 107. The normalized spacial score (nSPS) is 15.7. The smallest absolute Gasteiger partial charge is 0.328 e. The molecule has 1 aromatic carbocycles. The maximum absolute atomic E-state index is 14.8. The summed E-state index contributed by atoms with van der Waals surface area (Å²) < 4.78 is 0. The number of amides is 17. The van der Waals surface area contributed by atoms with Gasteiger partial charge in [-0.2, -0.15) is 0 Å². The molecule has 48 heteroatoms. The zero-order chi connectivity index (χ0) is 95.1. The van der Waals surface area contributed by atoms with E-state index < -0.39 is 274 Å². The molecule has 0 bridgehead atoms. The molecule has 0 radical (unpaired) electrons. The molecule has 0 aliphatic carbocycles. The maximum Gasteiger partial charge on any atom is 0.328 e. The molecule has 17 amide bonds. The van der Waals surface area contributed by atoms with Crippen molar-refractivity contribution in [2.45, 2.75) is 236 Å². The maximum atomic E-state index is 14.8. The van der Waals surface area contributed by atoms with E-state index in [1.807, 2.05) is 5.32 Å². The zero-order valence-electron chi connectivity index (χ0n) is 72.2. The molecule has 0 unspecified atom stereocenters. The largest absolute Gasteiger partial charge is 0.481 e. The van der Waals surface area contributed by atoms with Crippen molar-refractivity contribution in [3.8, 4) is 0 Å². The number of carboxylic acid groups (broad SMARTS) is 3. The number of nitrogens with one attached hydrogen (secondary N) is 18. The van der Waals surface area contributed by atoms with Gasteiger partial charge < -0.3 is 142 Å². The number of unbranched alkanes of at least 4 members (excludes halogenated alkanes) is 1. The topological polar surface area (TPSA) is 755 Å². The fraction of sp³-hybridized carbons (Fsp3) is 0.608. The van der Waals surface area contributed by atoms with Crippen molar-refractivity contribution in [3.05, 3.63) is 54.2 Å². The third kappa shape index (κ3) is 36.7. The van der Waals surface area contributed by atoms with Gasteiger partial charge in [-0.15, -0.1) is 0 Å². The van der Waals surface area contributed by atoms with Gasteiger partial charge in [0.05, 0.1) is 57.9 Å². The molecule has 1 saturated heterocycles. The number of aromatic nitrogens is 3. The van der Waals surface area contributed by atoms with E-state index in [1.165, 1.54) is 19.4 Å². The van der Waals surface area contributed by atoms with Crippen LogP contribution in [0.3, 0.4) is 0 Å². The lowest BCUT2D eigenvalue weighted by Crippen LogP contribution is -2.60. The Morgan fingerprint density at radius 3 is 1.47 bits per heavy atom. The van der Waals surface area contributed by atoms with Gasteiger partial charge >= 0.3 is 17.9 Å². The number of carbonyl (C=O) groups is 20. The monoisotopic (exact) mass is 1790 g/mol. The van der Waals surface area contributed by atoms with Gasteiger partial charge in [-0.3, -0.25) is 91.1 Å². The Balaban J connectivity index is 1.44. The van der Waals surface area contributed by atoms with Crippen LogP contribution in [0.15, 0.2) is 43.0 Å². The van der Waals surface area contributed by atoms with Crippen LogP contribution in [-0.4, -0.2) is 312 Å². The van der Waals surface area contributed by atoms with E-state index in [0.717, 1.165) is 18.7 Å². The summed E-state index contributed by atoms with van der Waals surface area (Å²) in [6, 6.07) is -14.2. The van der Waals surface area contributed by atoms with Crippen LogP contribution in [0.4, 0.5) is 0 Å². The van der Waals surface area contributed by atoms with Crippen LogP contribution < -0.4 is 96.5 Å². The van der Waals surface area contributed by atoms with Gasteiger partial charge in [-0.25, -0.2) is 9.78 Å². The predicted octanol–water partition coefficient (Wildman–Crippen LogP) is -8.63. The van der Waals surface area contributed by atoms with Crippen LogP contribution in [0, 0.1) is 17.8 Å². The van der Waals surface area contributed by atoms with E-state index >= 15 is 0 Å².